The molecule has 7 nitrogen and oxygen atoms in total. The number of nitrogens with zero attached hydrogens (tertiary/aromatic N) is 3. The van der Waals surface area contributed by atoms with Crippen molar-refractivity contribution in [2.24, 2.45) is 0 Å². The number of rotatable bonds is 9. The van der Waals surface area contributed by atoms with Gasteiger partial charge in [-0.2, -0.15) is 9.61 Å². The quantitative estimate of drug-likeness (QED) is 0.127. The predicted molar refractivity (Wildman–Crippen MR) is 152 cm³/mol. The van der Waals surface area contributed by atoms with E-state index >= 15 is 0 Å². The zero-order valence-electron chi connectivity index (χ0n) is 20.1. The van der Waals surface area contributed by atoms with Crippen LogP contribution in [0.2, 0.25) is 0 Å². The van der Waals surface area contributed by atoms with Gasteiger partial charge in [-0.25, -0.2) is 4.98 Å². The molecule has 0 spiro atoms. The number of aromatic hydroxyl groups is 1. The number of aliphatic hydroxyl groups excluding tert-OH is 1. The van der Waals surface area contributed by atoms with Crippen LogP contribution in [0, 0.1) is 0 Å². The minimum Gasteiger partial charge on any atom is -0.507 e. The molecule has 0 bridgehead atoms. The van der Waals surface area contributed by atoms with Gasteiger partial charge in [0.1, 0.15) is 17.8 Å². The summed E-state index contributed by atoms with van der Waals surface area (Å²) in [5, 5.41) is 31.8. The molecule has 0 radical (unpaired) electrons. The van der Waals surface area contributed by atoms with E-state index in [1.807, 2.05) is 60.9 Å². The second-order valence-electron chi connectivity index (χ2n) is 8.50. The topological polar surface area (TPSA) is 94.7 Å². The number of hydrogen-bond donors (Lipinski definition) is 4. The first kappa shape index (κ1) is 25.3. The number of phenolic OH excluding ortho intramolecular Hbond substituents is 1. The van der Waals surface area contributed by atoms with Crippen molar-refractivity contribution < 1.29 is 10.2 Å². The summed E-state index contributed by atoms with van der Waals surface area (Å²) in [5.41, 5.74) is 4.98. The average molecular weight is 577 g/mol. The van der Waals surface area contributed by atoms with Gasteiger partial charge in [0.15, 0.2) is 5.65 Å². The van der Waals surface area contributed by atoms with E-state index in [1.165, 1.54) is 4.90 Å². The lowest BCUT2D eigenvalue weighted by atomic mass is 10.1. The fourth-order valence-corrected chi connectivity index (χ4v) is 4.73. The highest BCUT2D eigenvalue weighted by atomic mass is 79.9. The number of fused-ring (bicyclic) bond motifs is 1. The first-order chi connectivity index (χ1) is 18.0. The number of halogens is 1. The van der Waals surface area contributed by atoms with E-state index in [9.17, 15) is 10.2 Å². The van der Waals surface area contributed by atoms with E-state index in [0.717, 1.165) is 27.0 Å². The van der Waals surface area contributed by atoms with Crippen LogP contribution in [-0.4, -0.2) is 31.1 Å². The molecule has 1 unspecified atom stereocenters. The van der Waals surface area contributed by atoms with E-state index in [4.69, 9.17) is 0 Å². The van der Waals surface area contributed by atoms with E-state index in [0.29, 0.717) is 30.0 Å². The Morgan fingerprint density at radius 3 is 2.38 bits per heavy atom. The summed E-state index contributed by atoms with van der Waals surface area (Å²) in [5.74, 6) is 0.933. The number of nitrogens with one attached hydrogen (secondary N) is 2. The van der Waals surface area contributed by atoms with E-state index in [2.05, 4.69) is 48.8 Å². The minimum atomic E-state index is -0.724. The SMILES string of the molecule is CSc1ccc(C(O)NCc2ccc(CNc3cc(-c4ccccc4O)nc4c(Br)cnn34)cc2)cc1. The highest BCUT2D eigenvalue weighted by Gasteiger charge is 2.13. The molecule has 1 atom stereocenters. The zero-order valence-corrected chi connectivity index (χ0v) is 22.5. The molecule has 4 N–H and O–H groups in total. The van der Waals surface area contributed by atoms with E-state index in [1.54, 1.807) is 34.6 Å². The lowest BCUT2D eigenvalue weighted by Crippen LogP contribution is -2.20. The molecule has 0 aliphatic rings. The van der Waals surface area contributed by atoms with Gasteiger partial charge >= 0.3 is 0 Å². The van der Waals surface area contributed by atoms with Crippen molar-refractivity contribution in [2.45, 2.75) is 24.2 Å². The maximum Gasteiger partial charge on any atom is 0.172 e. The van der Waals surface area contributed by atoms with Crippen LogP contribution >= 0.6 is 27.7 Å². The van der Waals surface area contributed by atoms with Gasteiger partial charge in [-0.1, -0.05) is 48.5 Å². The van der Waals surface area contributed by atoms with Crippen molar-refractivity contribution in [1.82, 2.24) is 19.9 Å². The highest BCUT2D eigenvalue weighted by molar-refractivity contribution is 9.10. The second kappa shape index (κ2) is 11.4. The number of thioether (sulfide) groups is 1. The fourth-order valence-electron chi connectivity index (χ4n) is 3.98. The van der Waals surface area contributed by atoms with Gasteiger partial charge in [0, 0.05) is 29.6 Å². The number of anilines is 1. The molecule has 0 amide bonds. The summed E-state index contributed by atoms with van der Waals surface area (Å²) >= 11 is 5.19. The van der Waals surface area contributed by atoms with Crippen LogP contribution in [0.15, 0.2) is 94.4 Å². The number of para-hydroxylation sites is 1. The van der Waals surface area contributed by atoms with Crippen LogP contribution < -0.4 is 10.6 Å². The third kappa shape index (κ3) is 5.80. The van der Waals surface area contributed by atoms with Crippen molar-refractivity contribution in [1.29, 1.82) is 0 Å². The van der Waals surface area contributed by atoms with Crippen LogP contribution in [0.1, 0.15) is 22.9 Å². The molecule has 5 aromatic rings. The average Bonchev–Trinajstić information content (AvgIpc) is 3.31. The molecule has 3 aromatic carbocycles. The lowest BCUT2D eigenvalue weighted by Gasteiger charge is -2.14. The van der Waals surface area contributed by atoms with Crippen molar-refractivity contribution in [3.05, 3.63) is 106 Å². The molecular weight excluding hydrogens is 550 g/mol. The summed E-state index contributed by atoms with van der Waals surface area (Å²) in [6, 6.07) is 25.2. The maximum atomic E-state index is 10.5. The number of phenols is 1. The smallest absolute Gasteiger partial charge is 0.172 e. The molecular formula is C28H26BrN5O2S. The standard InChI is InChI=1S/C28H26BrN5O2S/c1-37-21-12-10-20(11-13-21)28(36)31-16-19-8-6-18(7-9-19)15-30-26-14-24(22-4-2-3-5-25(22)35)33-27-23(29)17-32-34(26)27/h2-14,17,28,30-31,35-36H,15-16H2,1H3. The Morgan fingerprint density at radius 2 is 1.68 bits per heavy atom. The maximum absolute atomic E-state index is 10.5. The Bertz CT molecular complexity index is 1510. The highest BCUT2D eigenvalue weighted by Crippen LogP contribution is 2.31. The molecule has 0 fully saturated rings. The van der Waals surface area contributed by atoms with Crippen LogP contribution in [0.5, 0.6) is 5.75 Å². The van der Waals surface area contributed by atoms with Gasteiger partial charge in [-0.3, -0.25) is 5.32 Å². The summed E-state index contributed by atoms with van der Waals surface area (Å²) in [7, 11) is 0. The van der Waals surface area contributed by atoms with Gasteiger partial charge in [0.2, 0.25) is 0 Å². The molecule has 0 aliphatic heterocycles. The zero-order chi connectivity index (χ0) is 25.8. The Labute approximate surface area is 227 Å². The van der Waals surface area contributed by atoms with Gasteiger partial charge in [-0.15, -0.1) is 11.8 Å². The minimum absolute atomic E-state index is 0.173. The van der Waals surface area contributed by atoms with Crippen LogP contribution in [0.4, 0.5) is 5.82 Å². The summed E-state index contributed by atoms with van der Waals surface area (Å²) in [6.07, 6.45) is 3.01. The number of aromatic nitrogens is 3. The van der Waals surface area contributed by atoms with Crippen LogP contribution in [0.25, 0.3) is 16.9 Å². The van der Waals surface area contributed by atoms with Gasteiger partial charge in [0.25, 0.3) is 0 Å². The summed E-state index contributed by atoms with van der Waals surface area (Å²) in [4.78, 5) is 5.85. The fraction of sp³-hybridized carbons (Fsp3) is 0.143. The summed E-state index contributed by atoms with van der Waals surface area (Å²) in [6.45, 7) is 1.13. The molecule has 9 heteroatoms. The lowest BCUT2D eigenvalue weighted by molar-refractivity contribution is 0.137. The molecule has 0 aliphatic carbocycles. The molecule has 188 valence electrons. The number of hydrogen-bond acceptors (Lipinski definition) is 7. The largest absolute Gasteiger partial charge is 0.507 e. The van der Waals surface area contributed by atoms with Crippen LogP contribution in [-0.2, 0) is 13.1 Å². The predicted octanol–water partition coefficient (Wildman–Crippen LogP) is 5.98. The first-order valence-electron chi connectivity index (χ1n) is 11.7. The molecule has 5 rings (SSSR count). The molecule has 0 saturated heterocycles. The third-order valence-electron chi connectivity index (χ3n) is 6.04. The van der Waals surface area contributed by atoms with Gasteiger partial charge < -0.3 is 15.5 Å². The normalized spacial score (nSPS) is 12.1. The summed E-state index contributed by atoms with van der Waals surface area (Å²) < 4.78 is 2.51. The molecule has 2 heterocycles. The number of benzene rings is 3. The molecule has 0 saturated carbocycles. The Kier molecular flexibility index (Phi) is 7.76. The van der Waals surface area contributed by atoms with Crippen molar-refractivity contribution >= 4 is 39.2 Å². The third-order valence-corrected chi connectivity index (χ3v) is 7.34. The van der Waals surface area contributed by atoms with Crippen molar-refractivity contribution in [3.63, 3.8) is 0 Å². The molecule has 37 heavy (non-hydrogen) atoms. The molecule has 2 aromatic heterocycles. The number of aliphatic hydroxyl groups is 1. The van der Waals surface area contributed by atoms with E-state index < -0.39 is 6.23 Å². The monoisotopic (exact) mass is 575 g/mol. The Balaban J connectivity index is 1.26. The van der Waals surface area contributed by atoms with E-state index in [-0.39, 0.29) is 5.75 Å². The Morgan fingerprint density at radius 1 is 0.973 bits per heavy atom. The van der Waals surface area contributed by atoms with Crippen LogP contribution in [0.3, 0.4) is 0 Å². The second-order valence-corrected chi connectivity index (χ2v) is 10.2. The van der Waals surface area contributed by atoms with Crippen molar-refractivity contribution in [2.75, 3.05) is 11.6 Å². The first-order valence-corrected chi connectivity index (χ1v) is 13.7. The van der Waals surface area contributed by atoms with Gasteiger partial charge in [0.05, 0.1) is 16.4 Å². The Hall–Kier alpha value is -3.37. The van der Waals surface area contributed by atoms with Gasteiger partial charge in [-0.05, 0) is 63.1 Å². The van der Waals surface area contributed by atoms with Crippen molar-refractivity contribution in [3.8, 4) is 17.0 Å².